The maximum absolute atomic E-state index is 12.4. The van der Waals surface area contributed by atoms with E-state index in [4.69, 9.17) is 16.3 Å². The van der Waals surface area contributed by atoms with Crippen molar-refractivity contribution >= 4 is 29.3 Å². The zero-order valence-electron chi connectivity index (χ0n) is 17.9. The molecule has 1 aromatic heterocycles. The fourth-order valence-electron chi connectivity index (χ4n) is 3.19. The normalized spacial score (nSPS) is 10.7. The number of amides is 1. The molecule has 0 aliphatic rings. The van der Waals surface area contributed by atoms with Gasteiger partial charge in [-0.3, -0.25) is 9.36 Å². The van der Waals surface area contributed by atoms with Crippen molar-refractivity contribution in [2.75, 3.05) is 18.9 Å². The minimum Gasteiger partial charge on any atom is -0.492 e. The van der Waals surface area contributed by atoms with Gasteiger partial charge in [-0.25, -0.2) is 0 Å². The predicted molar refractivity (Wildman–Crippen MR) is 131 cm³/mol. The molecule has 33 heavy (non-hydrogen) atoms. The van der Waals surface area contributed by atoms with E-state index < -0.39 is 0 Å². The van der Waals surface area contributed by atoms with E-state index in [0.717, 1.165) is 22.8 Å². The Morgan fingerprint density at radius 1 is 0.939 bits per heavy atom. The predicted octanol–water partition coefficient (Wildman–Crippen LogP) is 4.80. The molecule has 0 saturated carbocycles. The molecule has 4 rings (SSSR count). The van der Waals surface area contributed by atoms with Crippen molar-refractivity contribution in [1.82, 2.24) is 20.1 Å². The van der Waals surface area contributed by atoms with Crippen LogP contribution >= 0.6 is 23.4 Å². The summed E-state index contributed by atoms with van der Waals surface area (Å²) >= 11 is 7.42. The maximum Gasteiger partial charge on any atom is 0.230 e. The van der Waals surface area contributed by atoms with Crippen LogP contribution in [0.2, 0.25) is 5.02 Å². The van der Waals surface area contributed by atoms with Gasteiger partial charge in [-0.15, -0.1) is 10.2 Å². The molecule has 8 heteroatoms. The molecule has 4 aromatic rings. The second kappa shape index (κ2) is 11.5. The number of benzene rings is 3. The highest BCUT2D eigenvalue weighted by Crippen LogP contribution is 2.24. The van der Waals surface area contributed by atoms with Crippen LogP contribution in [0.4, 0.5) is 0 Å². The topological polar surface area (TPSA) is 69.0 Å². The van der Waals surface area contributed by atoms with Crippen molar-refractivity contribution in [3.63, 3.8) is 0 Å². The van der Waals surface area contributed by atoms with Crippen LogP contribution in [0.25, 0.3) is 5.69 Å². The summed E-state index contributed by atoms with van der Waals surface area (Å²) in [6, 6.07) is 27.1. The molecule has 0 saturated heterocycles. The van der Waals surface area contributed by atoms with E-state index in [9.17, 15) is 4.79 Å². The number of ether oxygens (including phenoxy) is 1. The third kappa shape index (κ3) is 6.60. The quantitative estimate of drug-likeness (QED) is 0.262. The molecule has 0 unspecified atom stereocenters. The standard InChI is InChI=1S/C25H23ClN4O2S/c26-20-11-13-21(14-12-20)30-23(17-19-7-3-1-4-8-19)28-29-25(30)33-18-24(31)27-15-16-32-22-9-5-2-6-10-22/h1-14H,15-18H2,(H,27,31). The Balaban J connectivity index is 1.39. The third-order valence-electron chi connectivity index (χ3n) is 4.76. The van der Waals surface area contributed by atoms with Crippen LogP contribution < -0.4 is 10.1 Å². The first-order chi connectivity index (χ1) is 16.2. The highest BCUT2D eigenvalue weighted by molar-refractivity contribution is 7.99. The summed E-state index contributed by atoms with van der Waals surface area (Å²) in [6.45, 7) is 0.833. The average Bonchev–Trinajstić information content (AvgIpc) is 3.24. The van der Waals surface area contributed by atoms with Crippen LogP contribution in [-0.2, 0) is 11.2 Å². The molecular formula is C25H23ClN4O2S. The van der Waals surface area contributed by atoms with Crippen LogP contribution in [0.5, 0.6) is 5.75 Å². The van der Waals surface area contributed by atoms with Crippen molar-refractivity contribution < 1.29 is 9.53 Å². The number of hydrogen-bond acceptors (Lipinski definition) is 5. The molecule has 0 bridgehead atoms. The molecule has 1 heterocycles. The first-order valence-electron chi connectivity index (χ1n) is 10.5. The summed E-state index contributed by atoms with van der Waals surface area (Å²) in [5, 5.41) is 12.9. The average molecular weight is 479 g/mol. The number of nitrogens with one attached hydrogen (secondary N) is 1. The summed E-state index contributed by atoms with van der Waals surface area (Å²) in [7, 11) is 0. The Labute approximate surface area is 202 Å². The number of thioether (sulfide) groups is 1. The Morgan fingerprint density at radius 2 is 1.64 bits per heavy atom. The van der Waals surface area contributed by atoms with E-state index in [2.05, 4.69) is 27.6 Å². The first-order valence-corrected chi connectivity index (χ1v) is 11.9. The summed E-state index contributed by atoms with van der Waals surface area (Å²) in [5.74, 6) is 1.71. The fourth-order valence-corrected chi connectivity index (χ4v) is 4.12. The van der Waals surface area contributed by atoms with Gasteiger partial charge in [-0.1, -0.05) is 71.9 Å². The van der Waals surface area contributed by atoms with Gasteiger partial charge in [-0.05, 0) is 42.0 Å². The lowest BCUT2D eigenvalue weighted by atomic mass is 10.1. The first kappa shape index (κ1) is 22.9. The van der Waals surface area contributed by atoms with E-state index in [0.29, 0.717) is 29.8 Å². The van der Waals surface area contributed by atoms with Gasteiger partial charge in [0.25, 0.3) is 0 Å². The van der Waals surface area contributed by atoms with Gasteiger partial charge < -0.3 is 10.1 Å². The second-order valence-electron chi connectivity index (χ2n) is 7.17. The van der Waals surface area contributed by atoms with E-state index in [1.807, 2.05) is 77.4 Å². The minimum absolute atomic E-state index is 0.0908. The van der Waals surface area contributed by atoms with Crippen LogP contribution in [-0.4, -0.2) is 39.6 Å². The lowest BCUT2D eigenvalue weighted by Crippen LogP contribution is -2.29. The van der Waals surface area contributed by atoms with Gasteiger partial charge in [0.1, 0.15) is 18.2 Å². The van der Waals surface area contributed by atoms with Crippen molar-refractivity contribution in [2.45, 2.75) is 11.6 Å². The third-order valence-corrected chi connectivity index (χ3v) is 5.94. The number of nitrogens with zero attached hydrogens (tertiary/aromatic N) is 3. The molecule has 168 valence electrons. The Hall–Kier alpha value is -3.29. The number of aromatic nitrogens is 3. The molecular weight excluding hydrogens is 456 g/mol. The zero-order chi connectivity index (χ0) is 22.9. The van der Waals surface area contributed by atoms with Gasteiger partial charge in [0, 0.05) is 17.1 Å². The summed E-state index contributed by atoms with van der Waals surface area (Å²) in [5.41, 5.74) is 2.03. The minimum atomic E-state index is -0.0908. The summed E-state index contributed by atoms with van der Waals surface area (Å²) in [4.78, 5) is 12.4. The number of halogens is 1. The molecule has 0 aliphatic heterocycles. The number of carbonyl (C=O) groups excluding carboxylic acids is 1. The van der Waals surface area contributed by atoms with Gasteiger partial charge in [0.15, 0.2) is 5.16 Å². The Bertz CT molecular complexity index is 1170. The van der Waals surface area contributed by atoms with Gasteiger partial charge in [0.05, 0.1) is 12.3 Å². The summed E-state index contributed by atoms with van der Waals surface area (Å²) in [6.07, 6.45) is 0.625. The molecule has 0 spiro atoms. The SMILES string of the molecule is O=C(CSc1nnc(Cc2ccccc2)n1-c1ccc(Cl)cc1)NCCOc1ccccc1. The van der Waals surface area contributed by atoms with Crippen LogP contribution in [0.3, 0.4) is 0 Å². The van der Waals surface area contributed by atoms with Crippen molar-refractivity contribution in [3.8, 4) is 11.4 Å². The molecule has 0 aliphatic carbocycles. The Kier molecular flexibility index (Phi) is 8.00. The zero-order valence-corrected chi connectivity index (χ0v) is 19.4. The van der Waals surface area contributed by atoms with Crippen molar-refractivity contribution in [1.29, 1.82) is 0 Å². The molecule has 1 amide bonds. The van der Waals surface area contributed by atoms with Crippen LogP contribution in [0.15, 0.2) is 90.1 Å². The molecule has 3 aromatic carbocycles. The molecule has 6 nitrogen and oxygen atoms in total. The Morgan fingerprint density at radius 3 is 2.36 bits per heavy atom. The smallest absolute Gasteiger partial charge is 0.230 e. The van der Waals surface area contributed by atoms with E-state index in [1.54, 1.807) is 0 Å². The lowest BCUT2D eigenvalue weighted by Gasteiger charge is -2.11. The maximum atomic E-state index is 12.4. The van der Waals surface area contributed by atoms with E-state index in [-0.39, 0.29) is 11.7 Å². The number of carbonyl (C=O) groups is 1. The number of hydrogen-bond donors (Lipinski definition) is 1. The molecule has 0 atom stereocenters. The van der Waals surface area contributed by atoms with Gasteiger partial charge in [0.2, 0.25) is 5.91 Å². The monoisotopic (exact) mass is 478 g/mol. The highest BCUT2D eigenvalue weighted by atomic mass is 35.5. The van der Waals surface area contributed by atoms with E-state index >= 15 is 0 Å². The number of para-hydroxylation sites is 1. The molecule has 0 radical (unpaired) electrons. The van der Waals surface area contributed by atoms with Crippen molar-refractivity contribution in [3.05, 3.63) is 101 Å². The molecule has 0 fully saturated rings. The van der Waals surface area contributed by atoms with Crippen LogP contribution in [0.1, 0.15) is 11.4 Å². The summed E-state index contributed by atoms with van der Waals surface area (Å²) < 4.78 is 7.58. The van der Waals surface area contributed by atoms with Gasteiger partial charge in [-0.2, -0.15) is 0 Å². The largest absolute Gasteiger partial charge is 0.492 e. The molecule has 1 N–H and O–H groups in total. The fraction of sp³-hybridized carbons (Fsp3) is 0.160. The van der Waals surface area contributed by atoms with E-state index in [1.165, 1.54) is 11.8 Å². The lowest BCUT2D eigenvalue weighted by molar-refractivity contribution is -0.118. The second-order valence-corrected chi connectivity index (χ2v) is 8.55. The number of rotatable bonds is 10. The van der Waals surface area contributed by atoms with Gasteiger partial charge >= 0.3 is 0 Å². The highest BCUT2D eigenvalue weighted by Gasteiger charge is 2.16. The van der Waals surface area contributed by atoms with Crippen molar-refractivity contribution in [2.24, 2.45) is 0 Å². The van der Waals surface area contributed by atoms with Crippen LogP contribution in [0, 0.1) is 0 Å².